The van der Waals surface area contributed by atoms with Crippen LogP contribution in [0.3, 0.4) is 0 Å². The lowest BCUT2D eigenvalue weighted by molar-refractivity contribution is 0.108. The van der Waals surface area contributed by atoms with E-state index in [0.29, 0.717) is 43.5 Å². The highest BCUT2D eigenvalue weighted by Crippen LogP contribution is 2.28. The third kappa shape index (κ3) is 4.25. The topological polar surface area (TPSA) is 77.6 Å². The number of nitrogens with two attached hydrogens (primary N) is 1. The molecule has 0 bridgehead atoms. The van der Waals surface area contributed by atoms with Gasteiger partial charge in [0.15, 0.2) is 11.5 Å². The molecule has 0 aliphatic heterocycles. The second-order valence-corrected chi connectivity index (χ2v) is 3.55. The van der Waals surface area contributed by atoms with Crippen LogP contribution in [-0.2, 0) is 4.74 Å². The summed E-state index contributed by atoms with van der Waals surface area (Å²) in [7, 11) is 0. The number of ether oxygens (including phenoxy) is 3. The highest BCUT2D eigenvalue weighted by Gasteiger charge is 2.07. The highest BCUT2D eigenvalue weighted by atomic mass is 16.5. The monoisotopic (exact) mass is 252 g/mol. The molecule has 0 amide bonds. The maximum Gasteiger partial charge on any atom is 0.161 e. The van der Waals surface area contributed by atoms with Gasteiger partial charge < -0.3 is 19.9 Å². The zero-order valence-corrected chi connectivity index (χ0v) is 10.9. The average molecular weight is 252 g/mol. The normalized spacial score (nSPS) is 10.1. The van der Waals surface area contributed by atoms with Crippen molar-refractivity contribution < 1.29 is 14.2 Å². The molecule has 100 valence electrons. The number of amidine groups is 1. The van der Waals surface area contributed by atoms with Gasteiger partial charge in [-0.05, 0) is 32.0 Å². The zero-order valence-electron chi connectivity index (χ0n) is 10.9. The summed E-state index contributed by atoms with van der Waals surface area (Å²) in [6, 6.07) is 5.20. The van der Waals surface area contributed by atoms with Crippen molar-refractivity contribution in [3.63, 3.8) is 0 Å². The van der Waals surface area contributed by atoms with Crippen LogP contribution < -0.4 is 15.2 Å². The van der Waals surface area contributed by atoms with Gasteiger partial charge in [0, 0.05) is 12.2 Å². The Balaban J connectivity index is 2.73. The molecule has 1 aromatic rings. The Bertz CT molecular complexity index is 394. The molecule has 0 saturated carbocycles. The van der Waals surface area contributed by atoms with Crippen molar-refractivity contribution in [1.82, 2.24) is 0 Å². The second kappa shape index (κ2) is 7.55. The van der Waals surface area contributed by atoms with Gasteiger partial charge >= 0.3 is 0 Å². The molecule has 0 aromatic heterocycles. The molecule has 18 heavy (non-hydrogen) atoms. The van der Waals surface area contributed by atoms with Gasteiger partial charge in [-0.25, -0.2) is 0 Å². The summed E-state index contributed by atoms with van der Waals surface area (Å²) >= 11 is 0. The quantitative estimate of drug-likeness (QED) is 0.420. The van der Waals surface area contributed by atoms with Crippen LogP contribution >= 0.6 is 0 Å². The number of rotatable bonds is 8. The van der Waals surface area contributed by atoms with Crippen LogP contribution in [0.4, 0.5) is 0 Å². The van der Waals surface area contributed by atoms with Crippen LogP contribution in [0.1, 0.15) is 19.4 Å². The molecule has 0 unspecified atom stereocenters. The van der Waals surface area contributed by atoms with E-state index in [0.717, 1.165) is 0 Å². The van der Waals surface area contributed by atoms with E-state index in [2.05, 4.69) is 0 Å². The molecule has 5 heteroatoms. The van der Waals surface area contributed by atoms with Gasteiger partial charge in [0.05, 0.1) is 13.2 Å². The van der Waals surface area contributed by atoms with Crippen LogP contribution in [0.5, 0.6) is 11.5 Å². The summed E-state index contributed by atoms with van der Waals surface area (Å²) in [4.78, 5) is 0. The SMILES string of the molecule is CCOCCOc1ccc(C(=N)N)cc1OCC. The number of hydrogen-bond donors (Lipinski definition) is 2. The van der Waals surface area contributed by atoms with Crippen LogP contribution in [0, 0.1) is 5.41 Å². The minimum absolute atomic E-state index is 0.0109. The lowest BCUT2D eigenvalue weighted by atomic mass is 10.2. The third-order valence-electron chi connectivity index (χ3n) is 2.24. The van der Waals surface area contributed by atoms with Crippen LogP contribution in [-0.4, -0.2) is 32.3 Å². The Morgan fingerprint density at radius 3 is 2.50 bits per heavy atom. The van der Waals surface area contributed by atoms with Crippen LogP contribution in [0.2, 0.25) is 0 Å². The maximum absolute atomic E-state index is 7.39. The van der Waals surface area contributed by atoms with E-state index in [4.69, 9.17) is 25.4 Å². The lowest BCUT2D eigenvalue weighted by Gasteiger charge is -2.13. The predicted molar refractivity (Wildman–Crippen MR) is 70.6 cm³/mol. The van der Waals surface area contributed by atoms with E-state index in [1.165, 1.54) is 0 Å². The Labute approximate surface area is 107 Å². The standard InChI is InChI=1S/C13H20N2O3/c1-3-16-7-8-18-11-6-5-10(13(14)15)9-12(11)17-4-2/h5-6,9H,3-4,7-8H2,1-2H3,(H3,14,15). The zero-order chi connectivity index (χ0) is 13.4. The van der Waals surface area contributed by atoms with Crippen molar-refractivity contribution in [2.24, 2.45) is 5.73 Å². The summed E-state index contributed by atoms with van der Waals surface area (Å²) in [5, 5.41) is 7.39. The second-order valence-electron chi connectivity index (χ2n) is 3.55. The van der Waals surface area contributed by atoms with Gasteiger partial charge in [-0.1, -0.05) is 0 Å². The largest absolute Gasteiger partial charge is 0.490 e. The first kappa shape index (κ1) is 14.3. The van der Waals surface area contributed by atoms with Crippen molar-refractivity contribution in [2.75, 3.05) is 26.4 Å². The Morgan fingerprint density at radius 1 is 1.11 bits per heavy atom. The smallest absolute Gasteiger partial charge is 0.161 e. The van der Waals surface area contributed by atoms with E-state index in [9.17, 15) is 0 Å². The van der Waals surface area contributed by atoms with E-state index >= 15 is 0 Å². The lowest BCUT2D eigenvalue weighted by Crippen LogP contribution is -2.12. The first-order valence-electron chi connectivity index (χ1n) is 6.00. The first-order valence-corrected chi connectivity index (χ1v) is 6.00. The summed E-state index contributed by atoms with van der Waals surface area (Å²) in [5.74, 6) is 1.25. The van der Waals surface area contributed by atoms with Crippen LogP contribution in [0.15, 0.2) is 18.2 Å². The summed E-state index contributed by atoms with van der Waals surface area (Å²) < 4.78 is 16.2. The molecule has 0 radical (unpaired) electrons. The number of nitrogen functional groups attached to an aromatic ring is 1. The molecule has 0 atom stereocenters. The number of hydrogen-bond acceptors (Lipinski definition) is 4. The summed E-state index contributed by atoms with van der Waals surface area (Å²) in [6.07, 6.45) is 0. The van der Waals surface area contributed by atoms with Gasteiger partial charge in [-0.15, -0.1) is 0 Å². The van der Waals surface area contributed by atoms with Crippen LogP contribution in [0.25, 0.3) is 0 Å². The fourth-order valence-electron chi connectivity index (χ4n) is 1.42. The summed E-state index contributed by atoms with van der Waals surface area (Å²) in [5.41, 5.74) is 6.06. The minimum Gasteiger partial charge on any atom is -0.490 e. The molecule has 0 fully saturated rings. The third-order valence-corrected chi connectivity index (χ3v) is 2.24. The molecule has 0 spiro atoms. The maximum atomic E-state index is 7.39. The Kier molecular flexibility index (Phi) is 6.00. The highest BCUT2D eigenvalue weighted by molar-refractivity contribution is 5.95. The molecule has 1 aromatic carbocycles. The van der Waals surface area contributed by atoms with Gasteiger partial charge in [-0.3, -0.25) is 5.41 Å². The number of benzene rings is 1. The molecular weight excluding hydrogens is 232 g/mol. The molecule has 5 nitrogen and oxygen atoms in total. The fraction of sp³-hybridized carbons (Fsp3) is 0.462. The molecule has 3 N–H and O–H groups in total. The van der Waals surface area contributed by atoms with Crippen molar-refractivity contribution >= 4 is 5.84 Å². The van der Waals surface area contributed by atoms with Crippen molar-refractivity contribution in [3.05, 3.63) is 23.8 Å². The summed E-state index contributed by atoms with van der Waals surface area (Å²) in [6.45, 7) is 6.04. The van der Waals surface area contributed by atoms with Crippen molar-refractivity contribution in [2.45, 2.75) is 13.8 Å². The average Bonchev–Trinajstić information content (AvgIpc) is 2.36. The van der Waals surface area contributed by atoms with Gasteiger partial charge in [0.1, 0.15) is 12.4 Å². The fourth-order valence-corrected chi connectivity index (χ4v) is 1.42. The molecule has 0 aliphatic carbocycles. The predicted octanol–water partition coefficient (Wildman–Crippen LogP) is 1.78. The van der Waals surface area contributed by atoms with E-state index in [-0.39, 0.29) is 5.84 Å². The molecule has 0 aliphatic rings. The Hall–Kier alpha value is -1.75. The molecule has 0 heterocycles. The first-order chi connectivity index (χ1) is 8.69. The molecule has 1 rings (SSSR count). The number of nitrogens with one attached hydrogen (secondary N) is 1. The van der Waals surface area contributed by atoms with Crippen molar-refractivity contribution in [1.29, 1.82) is 5.41 Å². The molecular formula is C13H20N2O3. The van der Waals surface area contributed by atoms with Gasteiger partial charge in [-0.2, -0.15) is 0 Å². The minimum atomic E-state index is 0.0109. The van der Waals surface area contributed by atoms with E-state index in [1.807, 2.05) is 13.8 Å². The van der Waals surface area contributed by atoms with E-state index in [1.54, 1.807) is 18.2 Å². The van der Waals surface area contributed by atoms with Gasteiger partial charge in [0.2, 0.25) is 0 Å². The van der Waals surface area contributed by atoms with Gasteiger partial charge in [0.25, 0.3) is 0 Å². The molecule has 0 saturated heterocycles. The Morgan fingerprint density at radius 2 is 1.89 bits per heavy atom. The van der Waals surface area contributed by atoms with E-state index < -0.39 is 0 Å². The van der Waals surface area contributed by atoms with Crippen molar-refractivity contribution in [3.8, 4) is 11.5 Å².